The largest absolute Gasteiger partial charge is 0.298 e. The third-order valence-corrected chi connectivity index (χ3v) is 6.05. The van der Waals surface area contributed by atoms with E-state index in [4.69, 9.17) is 4.98 Å². The molecule has 0 radical (unpaired) electrons. The summed E-state index contributed by atoms with van der Waals surface area (Å²) in [5.41, 5.74) is 1.52. The monoisotopic (exact) mass is 317 g/mol. The summed E-state index contributed by atoms with van der Waals surface area (Å²) in [5, 5.41) is 0.932. The normalized spacial score (nSPS) is 19.0. The lowest BCUT2D eigenvalue weighted by Crippen LogP contribution is -2.31. The van der Waals surface area contributed by atoms with Crippen LogP contribution in [0.5, 0.6) is 0 Å². The molecule has 0 N–H and O–H groups in total. The Labute approximate surface area is 134 Å². The van der Waals surface area contributed by atoms with Gasteiger partial charge in [-0.25, -0.2) is 4.98 Å². The van der Waals surface area contributed by atoms with Crippen molar-refractivity contribution < 1.29 is 0 Å². The highest BCUT2D eigenvalue weighted by Gasteiger charge is 2.25. The number of fused-ring (bicyclic) bond motifs is 4. The second-order valence-electron chi connectivity index (χ2n) is 6.51. The first-order valence-corrected chi connectivity index (χ1v) is 9.36. The molecule has 2 aliphatic rings. The molecule has 0 fully saturated rings. The topological polar surface area (TPSA) is 38.1 Å². The molecule has 0 saturated carbocycles. The second kappa shape index (κ2) is 5.78. The predicted octanol–water partition coefficient (Wildman–Crippen LogP) is 2.95. The molecule has 2 aliphatic heterocycles. The Morgan fingerprint density at radius 3 is 2.95 bits per heavy atom. The summed E-state index contributed by atoms with van der Waals surface area (Å²) in [4.78, 5) is 22.7. The van der Waals surface area contributed by atoms with Crippen molar-refractivity contribution in [2.75, 3.05) is 13.1 Å². The van der Waals surface area contributed by atoms with Crippen LogP contribution in [-0.2, 0) is 25.9 Å². The Bertz CT molecular complexity index is 761. The van der Waals surface area contributed by atoms with Crippen molar-refractivity contribution in [2.24, 2.45) is 0 Å². The molecule has 5 heteroatoms. The van der Waals surface area contributed by atoms with Gasteiger partial charge in [0.25, 0.3) is 5.56 Å². The third-order valence-electron chi connectivity index (χ3n) is 4.94. The van der Waals surface area contributed by atoms with E-state index in [1.165, 1.54) is 23.3 Å². The predicted molar refractivity (Wildman–Crippen MR) is 90.7 cm³/mol. The van der Waals surface area contributed by atoms with Crippen LogP contribution in [0.3, 0.4) is 0 Å². The van der Waals surface area contributed by atoms with Gasteiger partial charge in [0.05, 0.1) is 5.39 Å². The zero-order valence-electron chi connectivity index (χ0n) is 13.2. The van der Waals surface area contributed by atoms with Crippen LogP contribution in [0.15, 0.2) is 4.79 Å². The van der Waals surface area contributed by atoms with Gasteiger partial charge in [0.15, 0.2) is 0 Å². The van der Waals surface area contributed by atoms with Gasteiger partial charge in [0.1, 0.15) is 10.7 Å². The Morgan fingerprint density at radius 2 is 2.09 bits per heavy atom. The molecule has 4 nitrogen and oxygen atoms in total. The van der Waals surface area contributed by atoms with Gasteiger partial charge in [-0.05, 0) is 37.8 Å². The first kappa shape index (κ1) is 14.4. The summed E-state index contributed by atoms with van der Waals surface area (Å²) < 4.78 is 1.96. The summed E-state index contributed by atoms with van der Waals surface area (Å²) in [5.74, 6) is 1.01. The molecule has 4 heterocycles. The standard InChI is InChI=1S/C17H23N3OS/c1-2-8-19-10-7-12-13(11-19)22-16-15(12)17(21)20-9-5-3-4-6-14(20)18-16/h2-11H2,1H3. The molecule has 0 bridgehead atoms. The Hall–Kier alpha value is -1.20. The number of nitrogens with zero attached hydrogens (tertiary/aromatic N) is 3. The van der Waals surface area contributed by atoms with E-state index >= 15 is 0 Å². The Morgan fingerprint density at radius 1 is 1.18 bits per heavy atom. The van der Waals surface area contributed by atoms with Gasteiger partial charge in [0, 0.05) is 30.9 Å². The highest BCUT2D eigenvalue weighted by Crippen LogP contribution is 2.33. The van der Waals surface area contributed by atoms with Crippen molar-refractivity contribution in [2.45, 2.75) is 58.5 Å². The summed E-state index contributed by atoms with van der Waals surface area (Å²) in [7, 11) is 0. The Kier molecular flexibility index (Phi) is 3.78. The van der Waals surface area contributed by atoms with Gasteiger partial charge in [-0.1, -0.05) is 13.3 Å². The molecule has 118 valence electrons. The van der Waals surface area contributed by atoms with Crippen LogP contribution in [0.25, 0.3) is 10.2 Å². The molecule has 22 heavy (non-hydrogen) atoms. The van der Waals surface area contributed by atoms with Crippen molar-refractivity contribution in [1.29, 1.82) is 0 Å². The van der Waals surface area contributed by atoms with Crippen LogP contribution in [0.2, 0.25) is 0 Å². The molecular weight excluding hydrogens is 294 g/mol. The van der Waals surface area contributed by atoms with Crippen LogP contribution in [0.1, 0.15) is 48.9 Å². The fraction of sp³-hybridized carbons (Fsp3) is 0.647. The van der Waals surface area contributed by atoms with E-state index in [0.29, 0.717) is 0 Å². The highest BCUT2D eigenvalue weighted by atomic mass is 32.1. The molecule has 4 rings (SSSR count). The molecule has 0 atom stereocenters. The average molecular weight is 317 g/mol. The molecule has 2 aromatic heterocycles. The first-order chi connectivity index (χ1) is 10.8. The van der Waals surface area contributed by atoms with Gasteiger partial charge in [0.2, 0.25) is 0 Å². The zero-order chi connectivity index (χ0) is 15.1. The van der Waals surface area contributed by atoms with Crippen molar-refractivity contribution in [3.05, 3.63) is 26.6 Å². The number of hydrogen-bond donors (Lipinski definition) is 0. The summed E-state index contributed by atoms with van der Waals surface area (Å²) in [6.07, 6.45) is 6.63. The van der Waals surface area contributed by atoms with E-state index in [1.807, 2.05) is 4.57 Å². The van der Waals surface area contributed by atoms with Crippen LogP contribution < -0.4 is 5.56 Å². The number of rotatable bonds is 2. The molecule has 0 saturated heterocycles. The quantitative estimate of drug-likeness (QED) is 0.855. The minimum Gasteiger partial charge on any atom is -0.298 e. The van der Waals surface area contributed by atoms with Gasteiger partial charge >= 0.3 is 0 Å². The molecule has 0 amide bonds. The highest BCUT2D eigenvalue weighted by molar-refractivity contribution is 7.18. The molecule has 2 aromatic rings. The maximum Gasteiger partial charge on any atom is 0.262 e. The van der Waals surface area contributed by atoms with E-state index < -0.39 is 0 Å². The van der Waals surface area contributed by atoms with Crippen LogP contribution in [0, 0.1) is 0 Å². The molecule has 0 spiro atoms. The minimum atomic E-state index is 0.225. The van der Waals surface area contributed by atoms with Crippen molar-refractivity contribution in [3.63, 3.8) is 0 Å². The van der Waals surface area contributed by atoms with Gasteiger partial charge in [-0.2, -0.15) is 0 Å². The van der Waals surface area contributed by atoms with Crippen LogP contribution in [0.4, 0.5) is 0 Å². The van der Waals surface area contributed by atoms with Crippen LogP contribution >= 0.6 is 11.3 Å². The average Bonchev–Trinajstić information content (AvgIpc) is 2.70. The molecule has 0 aliphatic carbocycles. The zero-order valence-corrected chi connectivity index (χ0v) is 14.0. The van der Waals surface area contributed by atoms with Crippen LogP contribution in [-0.4, -0.2) is 27.5 Å². The SMILES string of the molecule is CCCN1CCc2c(sc3nc4n(c(=O)c23)CCCCC4)C1. The summed E-state index contributed by atoms with van der Waals surface area (Å²) in [6.45, 7) is 6.30. The van der Waals surface area contributed by atoms with E-state index in [1.54, 1.807) is 11.3 Å². The van der Waals surface area contributed by atoms with E-state index in [9.17, 15) is 4.79 Å². The lowest BCUT2D eigenvalue weighted by Gasteiger charge is -2.26. The fourth-order valence-electron chi connectivity index (χ4n) is 3.83. The number of aromatic nitrogens is 2. The smallest absolute Gasteiger partial charge is 0.262 e. The number of hydrogen-bond acceptors (Lipinski definition) is 4. The minimum absolute atomic E-state index is 0.225. The maximum absolute atomic E-state index is 13.0. The van der Waals surface area contributed by atoms with Crippen molar-refractivity contribution >= 4 is 21.6 Å². The lowest BCUT2D eigenvalue weighted by atomic mass is 10.1. The van der Waals surface area contributed by atoms with Crippen molar-refractivity contribution in [1.82, 2.24) is 14.5 Å². The molecule has 0 aromatic carbocycles. The summed E-state index contributed by atoms with van der Waals surface area (Å²) in [6, 6.07) is 0. The summed E-state index contributed by atoms with van der Waals surface area (Å²) >= 11 is 1.76. The third kappa shape index (κ3) is 2.31. The van der Waals surface area contributed by atoms with E-state index in [-0.39, 0.29) is 5.56 Å². The second-order valence-corrected chi connectivity index (χ2v) is 7.59. The number of thiophene rings is 1. The van der Waals surface area contributed by atoms with Crippen molar-refractivity contribution in [3.8, 4) is 0 Å². The van der Waals surface area contributed by atoms with E-state index in [0.717, 1.165) is 67.9 Å². The fourth-order valence-corrected chi connectivity index (χ4v) is 5.10. The maximum atomic E-state index is 13.0. The van der Waals surface area contributed by atoms with Gasteiger partial charge < -0.3 is 0 Å². The first-order valence-electron chi connectivity index (χ1n) is 8.54. The van der Waals surface area contributed by atoms with Gasteiger partial charge in [-0.15, -0.1) is 11.3 Å². The Balaban J connectivity index is 1.84. The molecular formula is C17H23N3OS. The number of aryl methyl sites for hydroxylation is 1. The van der Waals surface area contributed by atoms with E-state index in [2.05, 4.69) is 11.8 Å². The van der Waals surface area contributed by atoms with Gasteiger partial charge in [-0.3, -0.25) is 14.3 Å². The molecule has 0 unspecified atom stereocenters. The lowest BCUT2D eigenvalue weighted by molar-refractivity contribution is 0.258.